The van der Waals surface area contributed by atoms with Gasteiger partial charge in [0.1, 0.15) is 0 Å². The van der Waals surface area contributed by atoms with Crippen LogP contribution < -0.4 is 0 Å². The second-order valence-corrected chi connectivity index (χ2v) is 1.14. The van der Waals surface area contributed by atoms with Gasteiger partial charge in [-0.1, -0.05) is 0 Å². The molecule has 0 aliphatic carbocycles. The van der Waals surface area contributed by atoms with Crippen LogP contribution in [0.5, 0.6) is 0 Å². The van der Waals surface area contributed by atoms with E-state index in [1.807, 2.05) is 0 Å². The van der Waals surface area contributed by atoms with Gasteiger partial charge in [0, 0.05) is 0 Å². The SMILES string of the molecule is Cl.[B+2]CCCC.[OH-].[OH-]. The summed E-state index contributed by atoms with van der Waals surface area (Å²) in [5, 5.41) is 0. The number of halogens is 1. The third-order valence-corrected chi connectivity index (χ3v) is 0.558. The van der Waals surface area contributed by atoms with Gasteiger partial charge in [-0.05, 0) is 0 Å². The van der Waals surface area contributed by atoms with Crippen molar-refractivity contribution in [2.75, 3.05) is 0 Å². The second kappa shape index (κ2) is 26.7. The van der Waals surface area contributed by atoms with Crippen molar-refractivity contribution in [1.82, 2.24) is 0 Å². The standard InChI is InChI=1S/C4H9B.ClH.2H2O/c1-2-3-4-5;;;/h2-4H2,1H3;1H;2*1H2/q+2;;;/p-2. The van der Waals surface area contributed by atoms with E-state index in [-0.39, 0.29) is 23.4 Å². The van der Waals surface area contributed by atoms with Gasteiger partial charge >= 0.3 is 33.9 Å². The molecule has 2 N–H and O–H groups in total. The molecule has 0 bridgehead atoms. The van der Waals surface area contributed by atoms with Crippen molar-refractivity contribution in [3.05, 3.63) is 0 Å². The summed E-state index contributed by atoms with van der Waals surface area (Å²) >= 11 is 0. The molecule has 0 saturated heterocycles. The van der Waals surface area contributed by atoms with E-state index in [4.69, 9.17) is 7.85 Å². The molecular weight excluding hydrogens is 126 g/mol. The average Bonchev–Trinajstić information content (AvgIpc) is 1.41. The molecule has 0 rings (SSSR count). The third kappa shape index (κ3) is 33.7. The Kier molecular flexibility index (Phi) is 80.0. The van der Waals surface area contributed by atoms with Gasteiger partial charge in [0.05, 0.1) is 0 Å². The summed E-state index contributed by atoms with van der Waals surface area (Å²) in [7, 11) is 5.14. The van der Waals surface area contributed by atoms with E-state index in [0.29, 0.717) is 0 Å². The van der Waals surface area contributed by atoms with Gasteiger partial charge in [0.25, 0.3) is 0 Å². The van der Waals surface area contributed by atoms with Gasteiger partial charge in [-0.25, -0.2) is 0 Å². The fraction of sp³-hybridized carbons (Fsp3) is 1.00. The number of hydrogen-bond donors (Lipinski definition) is 0. The minimum Gasteiger partial charge on any atom is -0.870 e. The molecule has 0 atom stereocenters. The Balaban J connectivity index is -0.0000000267. The van der Waals surface area contributed by atoms with Crippen molar-refractivity contribution in [1.29, 1.82) is 0 Å². The molecule has 0 heterocycles. The summed E-state index contributed by atoms with van der Waals surface area (Å²) in [6.07, 6.45) is 3.23. The Hall–Kier alpha value is 0.275. The Morgan fingerprint density at radius 1 is 1.25 bits per heavy atom. The predicted octanol–water partition coefficient (Wildman–Crippen LogP) is 1.44. The topological polar surface area (TPSA) is 60.0 Å². The van der Waals surface area contributed by atoms with Crippen molar-refractivity contribution >= 4 is 20.3 Å². The fourth-order valence-corrected chi connectivity index (χ4v) is 0.204. The quantitative estimate of drug-likeness (QED) is 0.542. The first-order valence-corrected chi connectivity index (χ1v) is 2.12. The van der Waals surface area contributed by atoms with Crippen molar-refractivity contribution in [2.24, 2.45) is 0 Å². The fourth-order valence-electron chi connectivity index (χ4n) is 0.204. The van der Waals surface area contributed by atoms with Crippen LogP contribution in [0.25, 0.3) is 0 Å². The molecule has 0 aliphatic heterocycles. The molecule has 0 spiro atoms. The maximum absolute atomic E-state index is 5.14. The maximum Gasteiger partial charge on any atom is -0.870 e. The van der Waals surface area contributed by atoms with Gasteiger partial charge < -0.3 is 11.0 Å². The van der Waals surface area contributed by atoms with Crippen LogP contribution in [-0.4, -0.2) is 18.8 Å². The molecule has 2 nitrogen and oxygen atoms in total. The molecule has 0 aromatic heterocycles. The molecule has 4 heteroatoms. The molecule has 0 fully saturated rings. The molecule has 0 unspecified atom stereocenters. The molecule has 0 aromatic rings. The minimum absolute atomic E-state index is 0. The summed E-state index contributed by atoms with van der Waals surface area (Å²) < 4.78 is 0. The van der Waals surface area contributed by atoms with Crippen molar-refractivity contribution in [3.63, 3.8) is 0 Å². The molecule has 50 valence electrons. The zero-order valence-electron chi connectivity index (χ0n) is 5.00. The Bertz CT molecular complexity index is 21.5. The zero-order valence-corrected chi connectivity index (χ0v) is 5.82. The van der Waals surface area contributed by atoms with Crippen LogP contribution >= 0.6 is 12.4 Å². The summed E-state index contributed by atoms with van der Waals surface area (Å²) in [5.74, 6) is 0. The largest absolute Gasteiger partial charge is 0.870 e. The molecule has 0 aromatic carbocycles. The van der Waals surface area contributed by atoms with Crippen molar-refractivity contribution in [2.45, 2.75) is 26.1 Å². The predicted molar refractivity (Wildman–Crippen MR) is 36.6 cm³/mol. The zero-order chi connectivity index (χ0) is 4.12. The van der Waals surface area contributed by atoms with E-state index < -0.39 is 0 Å². The normalized spacial score (nSPS) is 5.38. The molecule has 0 amide bonds. The van der Waals surface area contributed by atoms with Crippen LogP contribution in [0.3, 0.4) is 0 Å². The molecule has 0 saturated carbocycles. The van der Waals surface area contributed by atoms with E-state index >= 15 is 0 Å². The van der Waals surface area contributed by atoms with Crippen LogP contribution in [0.1, 0.15) is 19.8 Å². The van der Waals surface area contributed by atoms with Gasteiger partial charge in [-0.3, -0.25) is 0 Å². The molecule has 0 radical (unpaired) electrons. The average molecular weight is 138 g/mol. The van der Waals surface area contributed by atoms with Crippen molar-refractivity contribution < 1.29 is 11.0 Å². The molecular formula is C4H12BClO2. The van der Waals surface area contributed by atoms with Gasteiger partial charge in [0.2, 0.25) is 0 Å². The monoisotopic (exact) mass is 138 g/mol. The van der Waals surface area contributed by atoms with E-state index in [2.05, 4.69) is 6.92 Å². The first-order valence-electron chi connectivity index (χ1n) is 2.12. The van der Waals surface area contributed by atoms with Gasteiger partial charge in [0.15, 0.2) is 0 Å². The maximum atomic E-state index is 5.14. The van der Waals surface area contributed by atoms with Gasteiger partial charge in [-0.15, -0.1) is 12.4 Å². The van der Waals surface area contributed by atoms with Crippen LogP contribution in [0, 0.1) is 0 Å². The van der Waals surface area contributed by atoms with Crippen LogP contribution in [-0.2, 0) is 0 Å². The van der Waals surface area contributed by atoms with Crippen LogP contribution in [0.4, 0.5) is 0 Å². The molecule has 8 heavy (non-hydrogen) atoms. The third-order valence-electron chi connectivity index (χ3n) is 0.558. The van der Waals surface area contributed by atoms with E-state index in [1.165, 1.54) is 12.8 Å². The first-order chi connectivity index (χ1) is 2.41. The number of unbranched alkanes of at least 4 members (excludes halogenated alkanes) is 1. The van der Waals surface area contributed by atoms with E-state index in [0.717, 1.165) is 6.32 Å². The summed E-state index contributed by atoms with van der Waals surface area (Å²) in [6.45, 7) is 2.13. The van der Waals surface area contributed by atoms with Crippen LogP contribution in [0.15, 0.2) is 0 Å². The number of rotatable bonds is 2. The first kappa shape index (κ1) is 24.0. The second-order valence-electron chi connectivity index (χ2n) is 1.14. The molecule has 0 aliphatic rings. The Morgan fingerprint density at radius 2 is 1.62 bits per heavy atom. The van der Waals surface area contributed by atoms with Crippen molar-refractivity contribution in [3.8, 4) is 0 Å². The summed E-state index contributed by atoms with van der Waals surface area (Å²) in [5.41, 5.74) is 0. The minimum atomic E-state index is 0. The Labute approximate surface area is 58.1 Å². The van der Waals surface area contributed by atoms with E-state index in [9.17, 15) is 0 Å². The van der Waals surface area contributed by atoms with Crippen LogP contribution in [0.2, 0.25) is 6.32 Å². The van der Waals surface area contributed by atoms with Gasteiger partial charge in [-0.2, -0.15) is 0 Å². The number of hydrogen-bond acceptors (Lipinski definition) is 2. The Morgan fingerprint density at radius 3 is 1.62 bits per heavy atom. The smallest absolute Gasteiger partial charge is 0.870 e. The van der Waals surface area contributed by atoms with E-state index in [1.54, 1.807) is 0 Å². The summed E-state index contributed by atoms with van der Waals surface area (Å²) in [4.78, 5) is 0. The summed E-state index contributed by atoms with van der Waals surface area (Å²) in [6, 6.07) is 0.